The smallest absolute Gasteiger partial charge is 0.245 e. The molecule has 4 rings (SSSR count). The highest BCUT2D eigenvalue weighted by atomic mass is 32.2. The lowest BCUT2D eigenvalue weighted by atomic mass is 9.96. The van der Waals surface area contributed by atoms with Crippen molar-refractivity contribution in [1.82, 2.24) is 18.4 Å². The van der Waals surface area contributed by atoms with E-state index >= 15 is 0 Å². The molecular weight excluding hydrogens is 408 g/mol. The molecule has 152 valence electrons. The van der Waals surface area contributed by atoms with Crippen LogP contribution in [0.3, 0.4) is 0 Å². The van der Waals surface area contributed by atoms with Crippen LogP contribution in [0.1, 0.15) is 31.4 Å². The number of carbonyl (C=O) groups excluding carboxylic acids is 1. The number of aromatic nitrogens is 2. The van der Waals surface area contributed by atoms with Crippen molar-refractivity contribution in [3.05, 3.63) is 54.1 Å². The molecule has 0 bridgehead atoms. The van der Waals surface area contributed by atoms with Gasteiger partial charge < -0.3 is 5.32 Å². The van der Waals surface area contributed by atoms with Gasteiger partial charge in [0.15, 0.2) is 0 Å². The number of piperidine rings is 1. The molecular formula is C20H22N4O3S2. The van der Waals surface area contributed by atoms with E-state index in [0.29, 0.717) is 37.0 Å². The highest BCUT2D eigenvalue weighted by molar-refractivity contribution is 7.89. The molecule has 2 heterocycles. The van der Waals surface area contributed by atoms with E-state index in [4.69, 9.17) is 0 Å². The fourth-order valence-corrected chi connectivity index (χ4v) is 5.87. The Morgan fingerprint density at radius 2 is 1.83 bits per heavy atom. The van der Waals surface area contributed by atoms with E-state index in [1.165, 1.54) is 4.31 Å². The third kappa shape index (κ3) is 4.03. The van der Waals surface area contributed by atoms with E-state index in [1.54, 1.807) is 18.2 Å². The SMILES string of the molecule is C[C@H](NC(=O)C1CCN(S(=O)(=O)c2cccc3nsnc23)CC1)c1ccccc1. The van der Waals surface area contributed by atoms with Gasteiger partial charge in [0.2, 0.25) is 15.9 Å². The van der Waals surface area contributed by atoms with Gasteiger partial charge in [0, 0.05) is 19.0 Å². The minimum Gasteiger partial charge on any atom is -0.349 e. The predicted molar refractivity (Wildman–Crippen MR) is 112 cm³/mol. The van der Waals surface area contributed by atoms with Crippen molar-refractivity contribution < 1.29 is 13.2 Å². The number of nitrogens with zero attached hydrogens (tertiary/aromatic N) is 3. The zero-order chi connectivity index (χ0) is 20.4. The zero-order valence-electron chi connectivity index (χ0n) is 16.0. The number of rotatable bonds is 5. The van der Waals surface area contributed by atoms with Crippen LogP contribution in [-0.2, 0) is 14.8 Å². The maximum Gasteiger partial charge on any atom is 0.245 e. The van der Waals surface area contributed by atoms with Crippen LogP contribution in [0.15, 0.2) is 53.4 Å². The summed E-state index contributed by atoms with van der Waals surface area (Å²) in [7, 11) is -3.67. The van der Waals surface area contributed by atoms with E-state index in [-0.39, 0.29) is 22.8 Å². The lowest BCUT2D eigenvalue weighted by Gasteiger charge is -2.31. The number of hydrogen-bond acceptors (Lipinski definition) is 6. The minimum absolute atomic E-state index is 0.0239. The molecule has 1 atom stereocenters. The normalized spacial score (nSPS) is 17.3. The fraction of sp³-hybridized carbons (Fsp3) is 0.350. The van der Waals surface area contributed by atoms with Crippen LogP contribution in [0.25, 0.3) is 11.0 Å². The van der Waals surface area contributed by atoms with Crippen molar-refractivity contribution in [2.45, 2.75) is 30.7 Å². The van der Waals surface area contributed by atoms with Gasteiger partial charge in [-0.05, 0) is 37.5 Å². The summed E-state index contributed by atoms with van der Waals surface area (Å²) in [4.78, 5) is 12.8. The number of hydrogen-bond donors (Lipinski definition) is 1. The quantitative estimate of drug-likeness (QED) is 0.672. The maximum absolute atomic E-state index is 13.1. The van der Waals surface area contributed by atoms with Crippen LogP contribution in [-0.4, -0.2) is 40.5 Å². The molecule has 0 saturated carbocycles. The molecule has 1 fully saturated rings. The fourth-order valence-electron chi connectivity index (χ4n) is 3.64. The van der Waals surface area contributed by atoms with Crippen molar-refractivity contribution in [1.29, 1.82) is 0 Å². The van der Waals surface area contributed by atoms with Gasteiger partial charge in [-0.25, -0.2) is 8.42 Å². The number of sulfonamides is 1. The summed E-state index contributed by atoms with van der Waals surface area (Å²) in [5.74, 6) is -0.214. The van der Waals surface area contributed by atoms with Gasteiger partial charge in [-0.2, -0.15) is 13.1 Å². The summed E-state index contributed by atoms with van der Waals surface area (Å²) < 4.78 is 35.9. The lowest BCUT2D eigenvalue weighted by Crippen LogP contribution is -2.43. The summed E-state index contributed by atoms with van der Waals surface area (Å²) in [6.07, 6.45) is 0.996. The van der Waals surface area contributed by atoms with Crippen LogP contribution in [0.4, 0.5) is 0 Å². The van der Waals surface area contributed by atoms with Crippen LogP contribution in [0.2, 0.25) is 0 Å². The number of amides is 1. The molecule has 0 unspecified atom stereocenters. The van der Waals surface area contributed by atoms with Crippen molar-refractivity contribution in [3.8, 4) is 0 Å². The Bertz CT molecular complexity index is 1110. The minimum atomic E-state index is -3.67. The molecule has 0 aliphatic carbocycles. The van der Waals surface area contributed by atoms with Crippen molar-refractivity contribution >= 4 is 38.7 Å². The van der Waals surface area contributed by atoms with Gasteiger partial charge in [0.05, 0.1) is 17.8 Å². The first-order valence-corrected chi connectivity index (χ1v) is 11.7. The van der Waals surface area contributed by atoms with Crippen LogP contribution < -0.4 is 5.32 Å². The Morgan fingerprint density at radius 1 is 1.10 bits per heavy atom. The average molecular weight is 431 g/mol. The second-order valence-electron chi connectivity index (χ2n) is 7.21. The highest BCUT2D eigenvalue weighted by Gasteiger charge is 2.33. The summed E-state index contributed by atoms with van der Waals surface area (Å²) in [6, 6.07) is 14.7. The first kappa shape index (κ1) is 19.9. The lowest BCUT2D eigenvalue weighted by molar-refractivity contribution is -0.126. The monoisotopic (exact) mass is 430 g/mol. The molecule has 1 aliphatic heterocycles. The molecule has 29 heavy (non-hydrogen) atoms. The van der Waals surface area contributed by atoms with Gasteiger partial charge >= 0.3 is 0 Å². The van der Waals surface area contributed by atoms with Crippen LogP contribution in [0.5, 0.6) is 0 Å². The molecule has 1 amide bonds. The van der Waals surface area contributed by atoms with E-state index in [2.05, 4.69) is 14.1 Å². The van der Waals surface area contributed by atoms with Gasteiger partial charge in [0.1, 0.15) is 15.9 Å². The molecule has 1 saturated heterocycles. The number of carbonyl (C=O) groups is 1. The molecule has 0 spiro atoms. The Kier molecular flexibility index (Phi) is 5.62. The first-order valence-electron chi connectivity index (χ1n) is 9.53. The second-order valence-corrected chi connectivity index (χ2v) is 9.64. The van der Waals surface area contributed by atoms with E-state index in [9.17, 15) is 13.2 Å². The Balaban J connectivity index is 1.41. The molecule has 9 heteroatoms. The third-order valence-corrected chi connectivity index (χ3v) is 7.82. The molecule has 1 aromatic heterocycles. The number of benzene rings is 2. The zero-order valence-corrected chi connectivity index (χ0v) is 17.6. The molecule has 1 aliphatic rings. The predicted octanol–water partition coefficient (Wildman–Crippen LogP) is 2.97. The topological polar surface area (TPSA) is 92.3 Å². The molecule has 7 nitrogen and oxygen atoms in total. The third-order valence-electron chi connectivity index (χ3n) is 5.35. The molecule has 3 aromatic rings. The first-order chi connectivity index (χ1) is 14.0. The standard InChI is InChI=1S/C20H22N4O3S2/c1-14(15-6-3-2-4-7-15)21-20(25)16-10-12-24(13-11-16)29(26,27)18-9-5-8-17-19(18)23-28-22-17/h2-9,14,16H,10-13H2,1H3,(H,21,25)/t14-/m0/s1. The maximum atomic E-state index is 13.1. The number of fused-ring (bicyclic) bond motifs is 1. The summed E-state index contributed by atoms with van der Waals surface area (Å²) >= 11 is 1.00. The largest absolute Gasteiger partial charge is 0.349 e. The van der Waals surface area contributed by atoms with Crippen molar-refractivity contribution in [2.24, 2.45) is 5.92 Å². The van der Waals surface area contributed by atoms with Gasteiger partial charge in [-0.15, -0.1) is 0 Å². The molecule has 0 radical (unpaired) electrons. The van der Waals surface area contributed by atoms with Crippen LogP contribution in [0, 0.1) is 5.92 Å². The Hall–Kier alpha value is -2.36. The Morgan fingerprint density at radius 3 is 2.55 bits per heavy atom. The molecule has 1 N–H and O–H groups in total. The molecule has 2 aromatic carbocycles. The van der Waals surface area contributed by atoms with E-state index in [0.717, 1.165) is 17.3 Å². The summed E-state index contributed by atoms with van der Waals surface area (Å²) in [5, 5.41) is 3.05. The van der Waals surface area contributed by atoms with Crippen LogP contribution >= 0.6 is 11.7 Å². The summed E-state index contributed by atoms with van der Waals surface area (Å²) in [5.41, 5.74) is 2.04. The van der Waals surface area contributed by atoms with Gasteiger partial charge in [-0.3, -0.25) is 4.79 Å². The van der Waals surface area contributed by atoms with Gasteiger partial charge in [-0.1, -0.05) is 36.4 Å². The second kappa shape index (κ2) is 8.17. The highest BCUT2D eigenvalue weighted by Crippen LogP contribution is 2.28. The van der Waals surface area contributed by atoms with E-state index < -0.39 is 10.0 Å². The average Bonchev–Trinajstić information content (AvgIpc) is 3.23. The van der Waals surface area contributed by atoms with Crippen molar-refractivity contribution in [2.75, 3.05) is 13.1 Å². The Labute approximate surface area is 174 Å². The van der Waals surface area contributed by atoms with Crippen molar-refractivity contribution in [3.63, 3.8) is 0 Å². The van der Waals surface area contributed by atoms with E-state index in [1.807, 2.05) is 37.3 Å². The summed E-state index contributed by atoms with van der Waals surface area (Å²) in [6.45, 7) is 2.58. The van der Waals surface area contributed by atoms with Gasteiger partial charge in [0.25, 0.3) is 0 Å². The number of nitrogens with one attached hydrogen (secondary N) is 1.